The van der Waals surface area contributed by atoms with Crippen molar-refractivity contribution in [2.75, 3.05) is 49.2 Å². The SMILES string of the molecule is Cc1nn(C2CCS(=O)(=O)C2)c(C)c1N1CCN(Cc2ccc3c(c2)CCO3)CC1. The first-order valence-electron chi connectivity index (χ1n) is 10.9. The van der Waals surface area contributed by atoms with Crippen LogP contribution in [0.4, 0.5) is 5.69 Å². The lowest BCUT2D eigenvalue weighted by Crippen LogP contribution is -2.46. The normalized spacial score (nSPS) is 23.5. The van der Waals surface area contributed by atoms with Gasteiger partial charge in [0.15, 0.2) is 9.84 Å². The molecule has 30 heavy (non-hydrogen) atoms. The number of fused-ring (bicyclic) bond motifs is 1. The Balaban J connectivity index is 1.25. The summed E-state index contributed by atoms with van der Waals surface area (Å²) in [6, 6.07) is 6.57. The zero-order chi connectivity index (χ0) is 20.9. The van der Waals surface area contributed by atoms with E-state index < -0.39 is 9.84 Å². The van der Waals surface area contributed by atoms with Gasteiger partial charge in [-0.25, -0.2) is 8.42 Å². The molecule has 2 saturated heterocycles. The van der Waals surface area contributed by atoms with Crippen LogP contribution < -0.4 is 9.64 Å². The Kier molecular flexibility index (Phi) is 5.01. The number of rotatable bonds is 4. The highest BCUT2D eigenvalue weighted by atomic mass is 32.2. The Morgan fingerprint density at radius 3 is 2.70 bits per heavy atom. The predicted molar refractivity (Wildman–Crippen MR) is 117 cm³/mol. The number of ether oxygens (including phenoxy) is 1. The van der Waals surface area contributed by atoms with Gasteiger partial charge in [-0.15, -0.1) is 0 Å². The van der Waals surface area contributed by atoms with Gasteiger partial charge in [-0.05, 0) is 37.5 Å². The molecule has 0 amide bonds. The molecule has 3 aliphatic rings. The molecule has 1 atom stereocenters. The van der Waals surface area contributed by atoms with Gasteiger partial charge >= 0.3 is 0 Å². The smallest absolute Gasteiger partial charge is 0.152 e. The molecular formula is C22H30N4O3S. The average molecular weight is 431 g/mol. The molecular weight excluding hydrogens is 400 g/mol. The van der Waals surface area contributed by atoms with Gasteiger partial charge in [0.1, 0.15) is 5.75 Å². The number of anilines is 1. The van der Waals surface area contributed by atoms with Gasteiger partial charge in [-0.1, -0.05) is 12.1 Å². The summed E-state index contributed by atoms with van der Waals surface area (Å²) in [5.41, 5.74) is 5.98. The minimum Gasteiger partial charge on any atom is -0.493 e. The van der Waals surface area contributed by atoms with Crippen molar-refractivity contribution in [2.45, 2.75) is 39.3 Å². The lowest BCUT2D eigenvalue weighted by atomic mass is 10.1. The molecule has 5 rings (SSSR count). The van der Waals surface area contributed by atoms with E-state index in [0.29, 0.717) is 6.42 Å². The summed E-state index contributed by atoms with van der Waals surface area (Å²) in [6.45, 7) is 9.84. The summed E-state index contributed by atoms with van der Waals surface area (Å²) in [4.78, 5) is 4.93. The first-order chi connectivity index (χ1) is 14.4. The van der Waals surface area contributed by atoms with E-state index in [0.717, 1.165) is 62.9 Å². The monoisotopic (exact) mass is 430 g/mol. The van der Waals surface area contributed by atoms with Gasteiger partial charge < -0.3 is 9.64 Å². The second-order valence-electron chi connectivity index (χ2n) is 8.82. The second kappa shape index (κ2) is 7.57. The molecule has 1 aromatic carbocycles. The first kappa shape index (κ1) is 19.9. The maximum absolute atomic E-state index is 11.9. The first-order valence-corrected chi connectivity index (χ1v) is 12.7. The van der Waals surface area contributed by atoms with E-state index in [-0.39, 0.29) is 17.5 Å². The number of aryl methyl sites for hydroxylation is 1. The summed E-state index contributed by atoms with van der Waals surface area (Å²) in [5.74, 6) is 1.54. The van der Waals surface area contributed by atoms with Gasteiger partial charge in [0, 0.05) is 39.1 Å². The number of hydrogen-bond donors (Lipinski definition) is 0. The fraction of sp³-hybridized carbons (Fsp3) is 0.591. The maximum Gasteiger partial charge on any atom is 0.152 e. The Hall–Kier alpha value is -2.06. The highest BCUT2D eigenvalue weighted by Gasteiger charge is 2.32. The molecule has 2 aromatic rings. The fourth-order valence-corrected chi connectivity index (χ4v) is 6.85. The molecule has 8 heteroatoms. The van der Waals surface area contributed by atoms with E-state index in [9.17, 15) is 8.42 Å². The topological polar surface area (TPSA) is 67.7 Å². The minimum atomic E-state index is -2.92. The molecule has 0 saturated carbocycles. The lowest BCUT2D eigenvalue weighted by Gasteiger charge is -2.36. The van der Waals surface area contributed by atoms with E-state index >= 15 is 0 Å². The Bertz CT molecular complexity index is 1050. The van der Waals surface area contributed by atoms with E-state index in [1.807, 2.05) is 11.6 Å². The molecule has 0 aliphatic carbocycles. The lowest BCUT2D eigenvalue weighted by molar-refractivity contribution is 0.249. The largest absolute Gasteiger partial charge is 0.493 e. The van der Waals surface area contributed by atoms with Gasteiger partial charge in [-0.3, -0.25) is 9.58 Å². The molecule has 0 radical (unpaired) electrons. The van der Waals surface area contributed by atoms with Crippen LogP contribution in [0.15, 0.2) is 18.2 Å². The van der Waals surface area contributed by atoms with Crippen LogP contribution in [0.25, 0.3) is 0 Å². The van der Waals surface area contributed by atoms with Crippen LogP contribution in [-0.2, 0) is 22.8 Å². The number of hydrogen-bond acceptors (Lipinski definition) is 6. The van der Waals surface area contributed by atoms with Crippen molar-refractivity contribution in [1.29, 1.82) is 0 Å². The van der Waals surface area contributed by atoms with Crippen molar-refractivity contribution >= 4 is 15.5 Å². The standard InChI is InChI=1S/C22H30N4O3S/c1-16-22(17(2)26(23-16)20-6-12-30(27,28)15-20)25-9-7-24(8-10-25)14-18-3-4-21-19(13-18)5-11-29-21/h3-4,13,20H,5-12,14-15H2,1-2H3. The second-order valence-corrected chi connectivity index (χ2v) is 11.1. The summed E-state index contributed by atoms with van der Waals surface area (Å²) >= 11 is 0. The highest BCUT2D eigenvalue weighted by molar-refractivity contribution is 7.91. The zero-order valence-corrected chi connectivity index (χ0v) is 18.6. The van der Waals surface area contributed by atoms with Gasteiger partial charge in [0.25, 0.3) is 0 Å². The van der Waals surface area contributed by atoms with Gasteiger partial charge in [0.05, 0.1) is 41.2 Å². The Labute approximate surface area is 178 Å². The van der Waals surface area contributed by atoms with Crippen LogP contribution in [0.2, 0.25) is 0 Å². The third kappa shape index (κ3) is 3.71. The van der Waals surface area contributed by atoms with Crippen molar-refractivity contribution in [1.82, 2.24) is 14.7 Å². The van der Waals surface area contributed by atoms with Crippen molar-refractivity contribution in [3.05, 3.63) is 40.7 Å². The van der Waals surface area contributed by atoms with E-state index in [2.05, 4.69) is 34.9 Å². The third-order valence-electron chi connectivity index (χ3n) is 6.69. The van der Waals surface area contributed by atoms with Crippen LogP contribution >= 0.6 is 0 Å². The summed E-state index contributed by atoms with van der Waals surface area (Å²) in [5, 5.41) is 4.74. The van der Waals surface area contributed by atoms with Crippen LogP contribution in [0.3, 0.4) is 0 Å². The molecule has 7 nitrogen and oxygen atoms in total. The Morgan fingerprint density at radius 1 is 1.17 bits per heavy atom. The van der Waals surface area contributed by atoms with Crippen molar-refractivity contribution in [3.8, 4) is 5.75 Å². The molecule has 4 heterocycles. The van der Waals surface area contributed by atoms with E-state index in [1.54, 1.807) is 0 Å². The van der Waals surface area contributed by atoms with Crippen molar-refractivity contribution in [2.24, 2.45) is 0 Å². The molecule has 0 spiro atoms. The molecule has 1 unspecified atom stereocenters. The number of piperazine rings is 1. The Morgan fingerprint density at radius 2 is 1.97 bits per heavy atom. The quantitative estimate of drug-likeness (QED) is 0.740. The van der Waals surface area contributed by atoms with Crippen LogP contribution in [0.5, 0.6) is 5.75 Å². The summed E-state index contributed by atoms with van der Waals surface area (Å²) in [7, 11) is -2.92. The summed E-state index contributed by atoms with van der Waals surface area (Å²) in [6.07, 6.45) is 1.69. The highest BCUT2D eigenvalue weighted by Crippen LogP contribution is 2.32. The number of sulfone groups is 1. The molecule has 0 bridgehead atoms. The van der Waals surface area contributed by atoms with Gasteiger partial charge in [0.2, 0.25) is 0 Å². The van der Waals surface area contributed by atoms with E-state index in [1.165, 1.54) is 16.8 Å². The minimum absolute atomic E-state index is 0.0208. The third-order valence-corrected chi connectivity index (χ3v) is 8.44. The van der Waals surface area contributed by atoms with Crippen molar-refractivity contribution in [3.63, 3.8) is 0 Å². The summed E-state index contributed by atoms with van der Waals surface area (Å²) < 4.78 is 31.4. The predicted octanol–water partition coefficient (Wildman–Crippen LogP) is 2.12. The maximum atomic E-state index is 11.9. The number of aromatic nitrogens is 2. The number of nitrogens with zero attached hydrogens (tertiary/aromatic N) is 4. The molecule has 0 N–H and O–H groups in total. The van der Waals surface area contributed by atoms with Crippen molar-refractivity contribution < 1.29 is 13.2 Å². The van der Waals surface area contributed by atoms with E-state index in [4.69, 9.17) is 9.84 Å². The van der Waals surface area contributed by atoms with Crippen LogP contribution in [0, 0.1) is 13.8 Å². The van der Waals surface area contributed by atoms with Gasteiger partial charge in [-0.2, -0.15) is 5.10 Å². The van der Waals surface area contributed by atoms with Crippen LogP contribution in [-0.4, -0.2) is 67.4 Å². The average Bonchev–Trinajstić information content (AvgIpc) is 3.39. The molecule has 1 aromatic heterocycles. The fourth-order valence-electron chi connectivity index (χ4n) is 5.16. The number of benzene rings is 1. The van der Waals surface area contributed by atoms with Crippen LogP contribution in [0.1, 0.15) is 35.0 Å². The molecule has 162 valence electrons. The molecule has 3 aliphatic heterocycles. The molecule has 2 fully saturated rings. The zero-order valence-electron chi connectivity index (χ0n) is 17.8.